The Kier molecular flexibility index (Phi) is 4.01. The van der Waals surface area contributed by atoms with E-state index < -0.39 is 0 Å². The molecule has 1 aromatic carbocycles. The fraction of sp³-hybridized carbons (Fsp3) is 0.353. The molecule has 1 atom stereocenters. The second-order valence-electron chi connectivity index (χ2n) is 6.14. The van der Waals surface area contributed by atoms with Gasteiger partial charge >= 0.3 is 0 Å². The molecule has 25 heavy (non-hydrogen) atoms. The average molecular weight is 342 g/mol. The Morgan fingerprint density at radius 3 is 3.08 bits per heavy atom. The lowest BCUT2D eigenvalue weighted by Crippen LogP contribution is -2.32. The molecule has 8 nitrogen and oxygen atoms in total. The maximum atomic E-state index is 12.4. The molecule has 2 aromatic rings. The number of amides is 1. The van der Waals surface area contributed by atoms with Crippen molar-refractivity contribution < 1.29 is 14.3 Å². The highest BCUT2D eigenvalue weighted by Gasteiger charge is 2.28. The van der Waals surface area contributed by atoms with Gasteiger partial charge in [-0.2, -0.15) is 5.10 Å². The fourth-order valence-corrected chi connectivity index (χ4v) is 3.13. The molecule has 130 valence electrons. The zero-order valence-electron chi connectivity index (χ0n) is 13.5. The van der Waals surface area contributed by atoms with Crippen LogP contribution in [0.2, 0.25) is 0 Å². The molecule has 2 aliphatic heterocycles. The van der Waals surface area contributed by atoms with Crippen LogP contribution in [-0.4, -0.2) is 36.0 Å². The van der Waals surface area contributed by atoms with E-state index in [0.29, 0.717) is 18.8 Å². The third-order valence-corrected chi connectivity index (χ3v) is 4.48. The molecule has 1 aromatic heterocycles. The number of aromatic nitrogens is 2. The highest BCUT2D eigenvalue weighted by atomic mass is 16.7. The zero-order valence-corrected chi connectivity index (χ0v) is 13.5. The Morgan fingerprint density at radius 2 is 2.20 bits per heavy atom. The predicted octanol–water partition coefficient (Wildman–Crippen LogP) is 0.641. The summed E-state index contributed by atoms with van der Waals surface area (Å²) < 4.78 is 10.6. The Labute approximate surface area is 143 Å². The lowest BCUT2D eigenvalue weighted by Gasteiger charge is -2.17. The van der Waals surface area contributed by atoms with Crippen LogP contribution < -0.4 is 25.2 Å². The molecule has 0 aliphatic carbocycles. The molecule has 0 unspecified atom stereocenters. The third-order valence-electron chi connectivity index (χ3n) is 4.48. The first-order valence-corrected chi connectivity index (χ1v) is 8.15. The molecule has 1 fully saturated rings. The van der Waals surface area contributed by atoms with E-state index in [-0.39, 0.29) is 24.2 Å². The minimum absolute atomic E-state index is 0.0120. The number of carbonyl (C=O) groups is 1. The number of fused-ring (bicyclic) bond motifs is 1. The van der Waals surface area contributed by atoms with Gasteiger partial charge in [-0.05, 0) is 24.1 Å². The quantitative estimate of drug-likeness (QED) is 0.846. The Morgan fingerprint density at radius 1 is 1.32 bits per heavy atom. The average Bonchev–Trinajstić information content (AvgIpc) is 3.28. The smallest absolute Gasteiger partial charge is 0.266 e. The number of hydrogen-bond acceptors (Lipinski definition) is 6. The van der Waals surface area contributed by atoms with Gasteiger partial charge in [-0.1, -0.05) is 6.07 Å². The molecule has 1 saturated heterocycles. The first kappa shape index (κ1) is 15.5. The van der Waals surface area contributed by atoms with Gasteiger partial charge in [-0.3, -0.25) is 9.59 Å². The lowest BCUT2D eigenvalue weighted by atomic mass is 10.1. The number of nitrogens with one attached hydrogen (secondary N) is 2. The summed E-state index contributed by atoms with van der Waals surface area (Å²) in [7, 11) is 0. The number of rotatable bonds is 4. The molecule has 0 radical (unpaired) electrons. The number of nitrogens with zero attached hydrogens (tertiary/aromatic N) is 2. The van der Waals surface area contributed by atoms with E-state index in [2.05, 4.69) is 15.5 Å². The van der Waals surface area contributed by atoms with Gasteiger partial charge in [-0.25, -0.2) is 5.10 Å². The van der Waals surface area contributed by atoms with Gasteiger partial charge in [0.1, 0.15) is 0 Å². The first-order chi connectivity index (χ1) is 12.2. The van der Waals surface area contributed by atoms with Gasteiger partial charge in [-0.15, -0.1) is 0 Å². The van der Waals surface area contributed by atoms with E-state index >= 15 is 0 Å². The van der Waals surface area contributed by atoms with Crippen LogP contribution in [0.5, 0.6) is 11.5 Å². The van der Waals surface area contributed by atoms with E-state index in [4.69, 9.17) is 9.47 Å². The van der Waals surface area contributed by atoms with Gasteiger partial charge < -0.3 is 19.7 Å². The predicted molar refractivity (Wildman–Crippen MR) is 89.6 cm³/mol. The molecule has 2 N–H and O–H groups in total. The van der Waals surface area contributed by atoms with Crippen molar-refractivity contribution in [3.05, 3.63) is 46.4 Å². The summed E-state index contributed by atoms with van der Waals surface area (Å²) in [4.78, 5) is 25.8. The molecule has 0 saturated carbocycles. The summed E-state index contributed by atoms with van der Waals surface area (Å²) in [6.45, 7) is 1.99. The standard InChI is InChI=1S/C17H18N4O4/c22-16-6-13(8-19-20-16)21-4-3-12(9-21)17(23)18-7-11-1-2-14-15(5-11)25-10-24-14/h1-2,5-6,8,12H,3-4,7,9-10H2,(H,18,23)(H,20,22)/t12-/m0/s1. The second-order valence-corrected chi connectivity index (χ2v) is 6.14. The molecule has 4 rings (SSSR count). The minimum Gasteiger partial charge on any atom is -0.454 e. The van der Waals surface area contributed by atoms with Crippen LogP contribution in [0.15, 0.2) is 35.3 Å². The minimum atomic E-state index is -0.242. The van der Waals surface area contributed by atoms with Crippen molar-refractivity contribution in [3.63, 3.8) is 0 Å². The molecule has 0 spiro atoms. The van der Waals surface area contributed by atoms with Crippen molar-refractivity contribution >= 4 is 11.6 Å². The summed E-state index contributed by atoms with van der Waals surface area (Å²) in [5, 5.41) is 9.13. The lowest BCUT2D eigenvalue weighted by molar-refractivity contribution is -0.124. The van der Waals surface area contributed by atoms with E-state index in [1.807, 2.05) is 23.1 Å². The maximum Gasteiger partial charge on any atom is 0.266 e. The van der Waals surface area contributed by atoms with Crippen LogP contribution >= 0.6 is 0 Å². The number of anilines is 1. The van der Waals surface area contributed by atoms with Gasteiger partial charge in [0.2, 0.25) is 12.7 Å². The van der Waals surface area contributed by atoms with Crippen molar-refractivity contribution in [2.75, 3.05) is 24.8 Å². The molecule has 0 bridgehead atoms. The normalized spacial score (nSPS) is 18.4. The van der Waals surface area contributed by atoms with Crippen LogP contribution in [0, 0.1) is 5.92 Å². The molecule has 8 heteroatoms. The Balaban J connectivity index is 1.34. The summed E-state index contributed by atoms with van der Waals surface area (Å²) in [5.41, 5.74) is 1.47. The van der Waals surface area contributed by atoms with Crippen molar-refractivity contribution in [2.45, 2.75) is 13.0 Å². The molecule has 2 aliphatic rings. The monoisotopic (exact) mass is 342 g/mol. The number of benzene rings is 1. The summed E-state index contributed by atoms with van der Waals surface area (Å²) in [6.07, 6.45) is 2.36. The summed E-state index contributed by atoms with van der Waals surface area (Å²) in [5.74, 6) is 1.35. The van der Waals surface area contributed by atoms with Gasteiger partial charge in [0, 0.05) is 25.7 Å². The number of ether oxygens (including phenoxy) is 2. The van der Waals surface area contributed by atoms with Gasteiger partial charge in [0.25, 0.3) is 5.56 Å². The van der Waals surface area contributed by atoms with Crippen molar-refractivity contribution in [1.29, 1.82) is 0 Å². The van der Waals surface area contributed by atoms with Crippen molar-refractivity contribution in [2.24, 2.45) is 5.92 Å². The molecule has 1 amide bonds. The number of aromatic amines is 1. The van der Waals surface area contributed by atoms with Crippen LogP contribution in [0.25, 0.3) is 0 Å². The van der Waals surface area contributed by atoms with E-state index in [1.165, 1.54) is 6.07 Å². The second kappa shape index (κ2) is 6.46. The van der Waals surface area contributed by atoms with E-state index in [9.17, 15) is 9.59 Å². The third kappa shape index (κ3) is 3.28. The van der Waals surface area contributed by atoms with Gasteiger partial charge in [0.05, 0.1) is 17.8 Å². The summed E-state index contributed by atoms with van der Waals surface area (Å²) >= 11 is 0. The fourth-order valence-electron chi connectivity index (χ4n) is 3.13. The molecular formula is C17H18N4O4. The van der Waals surface area contributed by atoms with E-state index in [1.54, 1.807) is 6.20 Å². The van der Waals surface area contributed by atoms with E-state index in [0.717, 1.165) is 30.0 Å². The highest BCUT2D eigenvalue weighted by Crippen LogP contribution is 2.32. The number of H-pyrrole nitrogens is 1. The van der Waals surface area contributed by atoms with Crippen molar-refractivity contribution in [3.8, 4) is 11.5 Å². The largest absolute Gasteiger partial charge is 0.454 e. The zero-order chi connectivity index (χ0) is 17.2. The van der Waals surface area contributed by atoms with Crippen LogP contribution in [-0.2, 0) is 11.3 Å². The number of hydrogen-bond donors (Lipinski definition) is 2. The highest BCUT2D eigenvalue weighted by molar-refractivity contribution is 5.80. The van der Waals surface area contributed by atoms with Crippen LogP contribution in [0.3, 0.4) is 0 Å². The van der Waals surface area contributed by atoms with Crippen LogP contribution in [0.4, 0.5) is 5.69 Å². The van der Waals surface area contributed by atoms with Gasteiger partial charge in [0.15, 0.2) is 11.5 Å². The number of carbonyl (C=O) groups excluding carboxylic acids is 1. The van der Waals surface area contributed by atoms with Crippen molar-refractivity contribution in [1.82, 2.24) is 15.5 Å². The maximum absolute atomic E-state index is 12.4. The Hall–Kier alpha value is -3.03. The molecule has 3 heterocycles. The summed E-state index contributed by atoms with van der Waals surface area (Å²) in [6, 6.07) is 7.14. The topological polar surface area (TPSA) is 96.6 Å². The SMILES string of the molecule is O=C(NCc1ccc2c(c1)OCO2)[C@H]1CCN(c2cn[nH]c(=O)c2)C1. The Bertz CT molecular complexity index is 851. The first-order valence-electron chi connectivity index (χ1n) is 8.15. The molecular weight excluding hydrogens is 324 g/mol. The van der Waals surface area contributed by atoms with Crippen LogP contribution in [0.1, 0.15) is 12.0 Å².